The first-order chi connectivity index (χ1) is 9.01. The molecule has 19 heavy (non-hydrogen) atoms. The molecule has 0 atom stereocenters. The molecule has 0 amide bonds. The van der Waals surface area contributed by atoms with Gasteiger partial charge in [0.25, 0.3) is 6.43 Å². The Morgan fingerprint density at radius 2 is 1.79 bits per heavy atom. The summed E-state index contributed by atoms with van der Waals surface area (Å²) in [4.78, 5) is 0. The van der Waals surface area contributed by atoms with Crippen molar-refractivity contribution in [2.75, 3.05) is 7.11 Å². The van der Waals surface area contributed by atoms with E-state index < -0.39 is 6.43 Å². The first kappa shape index (κ1) is 14.1. The molecule has 0 heterocycles. The van der Waals surface area contributed by atoms with Crippen molar-refractivity contribution in [2.24, 2.45) is 0 Å². The quantitative estimate of drug-likeness (QED) is 0.716. The van der Waals surface area contributed by atoms with Crippen LogP contribution < -0.4 is 4.74 Å². The highest BCUT2D eigenvalue weighted by Crippen LogP contribution is 2.35. The Hall–Kier alpha value is -1.32. The fourth-order valence-corrected chi connectivity index (χ4v) is 2.26. The van der Waals surface area contributed by atoms with E-state index in [0.29, 0.717) is 26.9 Å². The molecule has 0 radical (unpaired) electrons. The lowest BCUT2D eigenvalue weighted by atomic mass is 10.0. The minimum Gasteiger partial charge on any atom is -0.497 e. The average Bonchev–Trinajstić information content (AvgIpc) is 2.38. The maximum absolute atomic E-state index is 12.8. The van der Waals surface area contributed by atoms with E-state index in [9.17, 15) is 8.78 Å². The van der Waals surface area contributed by atoms with Crippen LogP contribution in [0.4, 0.5) is 8.78 Å². The zero-order chi connectivity index (χ0) is 14.0. The lowest BCUT2D eigenvalue weighted by Crippen LogP contribution is -1.91. The molecule has 0 aliphatic heterocycles. The maximum atomic E-state index is 12.8. The summed E-state index contributed by atoms with van der Waals surface area (Å²) in [7, 11) is 1.43. The molecule has 0 spiro atoms. The second kappa shape index (κ2) is 5.76. The van der Waals surface area contributed by atoms with Crippen LogP contribution >= 0.6 is 23.2 Å². The Morgan fingerprint density at radius 3 is 2.37 bits per heavy atom. The monoisotopic (exact) mass is 302 g/mol. The normalized spacial score (nSPS) is 10.8. The number of ether oxygens (including phenoxy) is 1. The zero-order valence-corrected chi connectivity index (χ0v) is 11.5. The van der Waals surface area contributed by atoms with Crippen molar-refractivity contribution in [3.63, 3.8) is 0 Å². The van der Waals surface area contributed by atoms with Gasteiger partial charge in [0, 0.05) is 21.2 Å². The number of methoxy groups -OCH3 is 1. The molecular weight excluding hydrogens is 293 g/mol. The van der Waals surface area contributed by atoms with Gasteiger partial charge in [0.05, 0.1) is 7.11 Å². The Labute approximate surface area is 119 Å². The van der Waals surface area contributed by atoms with E-state index in [1.807, 2.05) is 0 Å². The van der Waals surface area contributed by atoms with Crippen LogP contribution in [0, 0.1) is 0 Å². The summed E-state index contributed by atoms with van der Waals surface area (Å²) in [6.45, 7) is 0. The number of benzene rings is 2. The molecule has 2 aromatic rings. The highest BCUT2D eigenvalue weighted by molar-refractivity contribution is 6.36. The third-order valence-electron chi connectivity index (χ3n) is 2.66. The number of halogens is 4. The van der Waals surface area contributed by atoms with Gasteiger partial charge in [0.15, 0.2) is 0 Å². The van der Waals surface area contributed by atoms with E-state index in [0.717, 1.165) is 0 Å². The predicted octanol–water partition coefficient (Wildman–Crippen LogP) is 5.61. The highest BCUT2D eigenvalue weighted by atomic mass is 35.5. The highest BCUT2D eigenvalue weighted by Gasteiger charge is 2.13. The molecule has 0 saturated carbocycles. The summed E-state index contributed by atoms with van der Waals surface area (Å²) < 4.78 is 30.7. The van der Waals surface area contributed by atoms with E-state index in [2.05, 4.69) is 0 Å². The van der Waals surface area contributed by atoms with Crippen LogP contribution in [0.25, 0.3) is 11.1 Å². The molecular formula is C14H10Cl2F2O. The summed E-state index contributed by atoms with van der Waals surface area (Å²) in [5, 5.41) is 0.895. The Kier molecular flexibility index (Phi) is 4.27. The zero-order valence-electron chi connectivity index (χ0n) is 9.96. The molecule has 0 unspecified atom stereocenters. The fourth-order valence-electron chi connectivity index (χ4n) is 1.75. The maximum Gasteiger partial charge on any atom is 0.264 e. The number of alkyl halides is 2. The van der Waals surface area contributed by atoms with Crippen LogP contribution in [0.3, 0.4) is 0 Å². The molecule has 0 aromatic heterocycles. The van der Waals surface area contributed by atoms with Crippen molar-refractivity contribution in [1.29, 1.82) is 0 Å². The molecule has 0 saturated heterocycles. The van der Waals surface area contributed by atoms with Gasteiger partial charge in [-0.3, -0.25) is 0 Å². The van der Waals surface area contributed by atoms with Gasteiger partial charge in [0.2, 0.25) is 0 Å². The van der Waals surface area contributed by atoms with Gasteiger partial charge >= 0.3 is 0 Å². The van der Waals surface area contributed by atoms with Gasteiger partial charge in [-0.05, 0) is 35.9 Å². The number of hydrogen-bond donors (Lipinski definition) is 0. The molecule has 0 N–H and O–H groups in total. The van der Waals surface area contributed by atoms with Crippen molar-refractivity contribution in [2.45, 2.75) is 6.43 Å². The number of rotatable bonds is 3. The summed E-state index contributed by atoms with van der Waals surface area (Å²) in [5.41, 5.74) is 1.09. The summed E-state index contributed by atoms with van der Waals surface area (Å²) in [6, 6.07) is 9.26. The Balaban J connectivity index is 2.57. The first-order valence-corrected chi connectivity index (χ1v) is 6.19. The van der Waals surface area contributed by atoms with Gasteiger partial charge in [-0.15, -0.1) is 0 Å². The average molecular weight is 303 g/mol. The predicted molar refractivity (Wildman–Crippen MR) is 73.4 cm³/mol. The third kappa shape index (κ3) is 3.17. The van der Waals surface area contributed by atoms with E-state index in [4.69, 9.17) is 27.9 Å². The van der Waals surface area contributed by atoms with Gasteiger partial charge in [-0.1, -0.05) is 29.3 Å². The second-order valence-electron chi connectivity index (χ2n) is 3.92. The summed E-state index contributed by atoms with van der Waals surface area (Å²) in [5.74, 6) is 0.360. The first-order valence-electron chi connectivity index (χ1n) is 5.44. The molecule has 0 fully saturated rings. The van der Waals surface area contributed by atoms with Crippen molar-refractivity contribution in [3.8, 4) is 16.9 Å². The largest absolute Gasteiger partial charge is 0.497 e. The van der Waals surface area contributed by atoms with Crippen molar-refractivity contribution in [1.82, 2.24) is 0 Å². The second-order valence-corrected chi connectivity index (χ2v) is 4.76. The molecule has 5 heteroatoms. The van der Waals surface area contributed by atoms with Crippen molar-refractivity contribution < 1.29 is 13.5 Å². The lowest BCUT2D eigenvalue weighted by Gasteiger charge is -2.10. The molecule has 0 bridgehead atoms. The van der Waals surface area contributed by atoms with E-state index in [1.165, 1.54) is 19.2 Å². The molecule has 100 valence electrons. The molecule has 0 aliphatic carbocycles. The molecule has 2 rings (SSSR count). The van der Waals surface area contributed by atoms with Crippen molar-refractivity contribution in [3.05, 3.63) is 52.0 Å². The molecule has 2 aromatic carbocycles. The van der Waals surface area contributed by atoms with E-state index >= 15 is 0 Å². The summed E-state index contributed by atoms with van der Waals surface area (Å²) >= 11 is 11.9. The van der Waals surface area contributed by atoms with Crippen LogP contribution in [-0.2, 0) is 0 Å². The number of hydrogen-bond acceptors (Lipinski definition) is 1. The lowest BCUT2D eigenvalue weighted by molar-refractivity contribution is 0.151. The van der Waals surface area contributed by atoms with Crippen LogP contribution in [0.5, 0.6) is 5.75 Å². The van der Waals surface area contributed by atoms with Crippen molar-refractivity contribution >= 4 is 23.2 Å². The van der Waals surface area contributed by atoms with Gasteiger partial charge < -0.3 is 4.74 Å². The van der Waals surface area contributed by atoms with Crippen LogP contribution in [-0.4, -0.2) is 7.11 Å². The molecule has 0 aliphatic rings. The SMILES string of the molecule is COc1cc(-c2ccc(Cl)cc2Cl)cc(C(F)F)c1. The van der Waals surface area contributed by atoms with Gasteiger partial charge in [0.1, 0.15) is 5.75 Å². The van der Waals surface area contributed by atoms with Gasteiger partial charge in [-0.2, -0.15) is 0 Å². The molecule has 1 nitrogen and oxygen atoms in total. The van der Waals surface area contributed by atoms with E-state index in [-0.39, 0.29) is 5.56 Å². The smallest absolute Gasteiger partial charge is 0.264 e. The van der Waals surface area contributed by atoms with Gasteiger partial charge in [-0.25, -0.2) is 8.78 Å². The Morgan fingerprint density at radius 1 is 1.05 bits per heavy atom. The van der Waals surface area contributed by atoms with E-state index in [1.54, 1.807) is 24.3 Å². The van der Waals surface area contributed by atoms with Crippen LogP contribution in [0.15, 0.2) is 36.4 Å². The Bertz CT molecular complexity index is 600. The van der Waals surface area contributed by atoms with Crippen LogP contribution in [0.2, 0.25) is 10.0 Å². The minimum atomic E-state index is -2.57. The standard InChI is InChI=1S/C14H10Cl2F2O/c1-19-11-5-8(4-9(6-11)14(17)18)12-3-2-10(15)7-13(12)16/h2-7,14H,1H3. The summed E-state index contributed by atoms with van der Waals surface area (Å²) in [6.07, 6.45) is -2.57. The van der Waals surface area contributed by atoms with Crippen LogP contribution in [0.1, 0.15) is 12.0 Å². The third-order valence-corrected chi connectivity index (χ3v) is 3.21. The fraction of sp³-hybridized carbons (Fsp3) is 0.143. The minimum absolute atomic E-state index is 0.111. The topological polar surface area (TPSA) is 9.23 Å².